The molecule has 0 aliphatic carbocycles. The molecule has 0 fully saturated rings. The third-order valence-electron chi connectivity index (χ3n) is 4.57. The molecule has 1 heterocycles. The highest BCUT2D eigenvalue weighted by atomic mass is 35.5. The smallest absolute Gasteiger partial charge is 0.355 e. The molecule has 0 atom stereocenters. The van der Waals surface area contributed by atoms with Crippen LogP contribution in [-0.4, -0.2) is 24.0 Å². The SMILES string of the molecule is O=C(N/N=C\c1ccc(OC(=O)c2sc3ccccc3c2Cl)cc1)C(=O)Nc1ccc(Cl)c(Cl)c1. The Morgan fingerprint density at radius 1 is 0.886 bits per heavy atom. The zero-order chi connectivity index (χ0) is 24.9. The van der Waals surface area contributed by atoms with Gasteiger partial charge in [-0.05, 0) is 54.1 Å². The van der Waals surface area contributed by atoms with E-state index in [0.29, 0.717) is 31.9 Å². The number of hydrogen-bond acceptors (Lipinski definition) is 6. The maximum atomic E-state index is 12.5. The first-order chi connectivity index (χ1) is 16.8. The molecule has 0 bridgehead atoms. The van der Waals surface area contributed by atoms with Crippen LogP contribution in [-0.2, 0) is 9.59 Å². The number of amides is 2. The van der Waals surface area contributed by atoms with Gasteiger partial charge in [0, 0.05) is 15.8 Å². The fraction of sp³-hybridized carbons (Fsp3) is 0. The molecule has 0 spiro atoms. The first kappa shape index (κ1) is 24.7. The van der Waals surface area contributed by atoms with Gasteiger partial charge >= 0.3 is 17.8 Å². The van der Waals surface area contributed by atoms with E-state index in [1.165, 1.54) is 35.8 Å². The molecule has 11 heteroatoms. The van der Waals surface area contributed by atoms with Crippen LogP contribution in [0.25, 0.3) is 10.1 Å². The lowest BCUT2D eigenvalue weighted by molar-refractivity contribution is -0.136. The highest BCUT2D eigenvalue weighted by molar-refractivity contribution is 7.21. The molecule has 4 aromatic rings. The predicted molar refractivity (Wildman–Crippen MR) is 139 cm³/mol. The monoisotopic (exact) mass is 545 g/mol. The van der Waals surface area contributed by atoms with Crippen LogP contribution in [0.5, 0.6) is 5.75 Å². The Morgan fingerprint density at radius 2 is 1.63 bits per heavy atom. The number of rotatable bonds is 5. The third-order valence-corrected chi connectivity index (χ3v) is 6.97. The first-order valence-corrected chi connectivity index (χ1v) is 11.9. The molecule has 1 aromatic heterocycles. The summed E-state index contributed by atoms with van der Waals surface area (Å²) >= 11 is 19.3. The van der Waals surface area contributed by atoms with Crippen molar-refractivity contribution in [3.63, 3.8) is 0 Å². The topological polar surface area (TPSA) is 96.9 Å². The van der Waals surface area contributed by atoms with E-state index in [1.807, 2.05) is 24.3 Å². The molecule has 2 N–H and O–H groups in total. The summed E-state index contributed by atoms with van der Waals surface area (Å²) in [5.74, 6) is -2.15. The molecule has 176 valence electrons. The minimum Gasteiger partial charge on any atom is -0.422 e. The fourth-order valence-corrected chi connectivity index (χ4v) is 4.58. The molecule has 35 heavy (non-hydrogen) atoms. The van der Waals surface area contributed by atoms with E-state index in [0.717, 1.165) is 10.1 Å². The lowest BCUT2D eigenvalue weighted by Crippen LogP contribution is -2.32. The first-order valence-electron chi connectivity index (χ1n) is 9.90. The van der Waals surface area contributed by atoms with E-state index in [4.69, 9.17) is 39.5 Å². The van der Waals surface area contributed by atoms with E-state index in [9.17, 15) is 14.4 Å². The molecule has 2 amide bonds. The summed E-state index contributed by atoms with van der Waals surface area (Å²) in [4.78, 5) is 36.8. The van der Waals surface area contributed by atoms with E-state index >= 15 is 0 Å². The van der Waals surface area contributed by atoms with E-state index in [2.05, 4.69) is 15.8 Å². The van der Waals surface area contributed by atoms with Crippen molar-refractivity contribution in [3.8, 4) is 5.75 Å². The second kappa shape index (κ2) is 10.9. The number of carbonyl (C=O) groups is 3. The van der Waals surface area contributed by atoms with Crippen LogP contribution in [0.3, 0.4) is 0 Å². The third kappa shape index (κ3) is 5.98. The van der Waals surface area contributed by atoms with Gasteiger partial charge in [0.15, 0.2) is 0 Å². The van der Waals surface area contributed by atoms with E-state index in [-0.39, 0.29) is 5.02 Å². The summed E-state index contributed by atoms with van der Waals surface area (Å²) in [5.41, 5.74) is 3.03. The van der Waals surface area contributed by atoms with Gasteiger partial charge in [-0.15, -0.1) is 11.3 Å². The number of hydrazone groups is 1. The van der Waals surface area contributed by atoms with E-state index < -0.39 is 17.8 Å². The number of esters is 1. The van der Waals surface area contributed by atoms with Crippen LogP contribution in [0.15, 0.2) is 71.8 Å². The van der Waals surface area contributed by atoms with Crippen LogP contribution in [0.4, 0.5) is 5.69 Å². The van der Waals surface area contributed by atoms with Gasteiger partial charge in [-0.25, -0.2) is 10.2 Å². The number of ether oxygens (including phenoxy) is 1. The highest BCUT2D eigenvalue weighted by Crippen LogP contribution is 2.35. The van der Waals surface area contributed by atoms with Gasteiger partial charge in [-0.3, -0.25) is 9.59 Å². The van der Waals surface area contributed by atoms with Crippen molar-refractivity contribution < 1.29 is 19.1 Å². The minimum atomic E-state index is -0.974. The van der Waals surface area contributed by atoms with Gasteiger partial charge in [-0.2, -0.15) is 5.10 Å². The summed E-state index contributed by atoms with van der Waals surface area (Å²) in [6.07, 6.45) is 1.33. The highest BCUT2D eigenvalue weighted by Gasteiger charge is 2.19. The van der Waals surface area contributed by atoms with Crippen molar-refractivity contribution in [2.24, 2.45) is 5.10 Å². The molecular formula is C24H14Cl3N3O4S. The lowest BCUT2D eigenvalue weighted by atomic mass is 10.2. The normalized spacial score (nSPS) is 10.9. The van der Waals surface area contributed by atoms with Crippen molar-refractivity contribution in [1.82, 2.24) is 5.43 Å². The number of fused-ring (bicyclic) bond motifs is 1. The summed E-state index contributed by atoms with van der Waals surface area (Å²) in [6, 6.07) is 18.2. The quantitative estimate of drug-likeness (QED) is 0.103. The summed E-state index contributed by atoms with van der Waals surface area (Å²) in [5, 5.41) is 7.86. The fourth-order valence-electron chi connectivity index (χ4n) is 2.90. The molecule has 0 aliphatic rings. The number of thiophene rings is 1. The number of nitrogens with zero attached hydrogens (tertiary/aromatic N) is 1. The van der Waals surface area contributed by atoms with Gasteiger partial charge in [-0.1, -0.05) is 53.0 Å². The van der Waals surface area contributed by atoms with Gasteiger partial charge in [0.1, 0.15) is 10.6 Å². The Balaban J connectivity index is 1.32. The van der Waals surface area contributed by atoms with Crippen molar-refractivity contribution in [3.05, 3.63) is 92.2 Å². The maximum absolute atomic E-state index is 12.5. The van der Waals surface area contributed by atoms with Crippen LogP contribution < -0.4 is 15.5 Å². The zero-order valence-corrected chi connectivity index (χ0v) is 20.6. The molecule has 0 saturated carbocycles. The summed E-state index contributed by atoms with van der Waals surface area (Å²) in [6.45, 7) is 0. The molecular weight excluding hydrogens is 533 g/mol. The number of carbonyl (C=O) groups excluding carboxylic acids is 3. The summed E-state index contributed by atoms with van der Waals surface area (Å²) < 4.78 is 6.31. The predicted octanol–water partition coefficient (Wildman–Crippen LogP) is 6.17. The van der Waals surface area contributed by atoms with Crippen LogP contribution in [0, 0.1) is 0 Å². The van der Waals surface area contributed by atoms with Gasteiger partial charge in [0.25, 0.3) is 0 Å². The standard InChI is InChI=1S/C24H14Cl3N3O4S/c25-17-10-7-14(11-18(17)26)29-22(31)23(32)30-28-12-13-5-8-15(9-6-13)34-24(33)21-20(27)16-3-1-2-4-19(16)35-21/h1-12H,(H,29,31)(H,30,32)/b28-12-. The van der Waals surface area contributed by atoms with Crippen LogP contribution >= 0.6 is 46.1 Å². The van der Waals surface area contributed by atoms with Crippen molar-refractivity contribution in [2.45, 2.75) is 0 Å². The number of benzene rings is 3. The Morgan fingerprint density at radius 3 is 2.34 bits per heavy atom. The Kier molecular flexibility index (Phi) is 7.67. The minimum absolute atomic E-state index is 0.240. The van der Waals surface area contributed by atoms with Gasteiger partial charge in [0.2, 0.25) is 0 Å². The number of anilines is 1. The molecule has 4 rings (SSSR count). The molecule has 0 radical (unpaired) electrons. The zero-order valence-electron chi connectivity index (χ0n) is 17.6. The molecule has 0 unspecified atom stereocenters. The largest absolute Gasteiger partial charge is 0.422 e. The van der Waals surface area contributed by atoms with Crippen molar-refractivity contribution >= 4 is 85.9 Å². The Bertz CT molecular complexity index is 1470. The Labute approximate surface area is 218 Å². The number of hydrogen-bond donors (Lipinski definition) is 2. The van der Waals surface area contributed by atoms with Crippen molar-refractivity contribution in [1.29, 1.82) is 0 Å². The molecule has 0 aliphatic heterocycles. The molecule has 7 nitrogen and oxygen atoms in total. The van der Waals surface area contributed by atoms with Crippen LogP contribution in [0.1, 0.15) is 15.2 Å². The number of nitrogens with one attached hydrogen (secondary N) is 2. The molecule has 3 aromatic carbocycles. The Hall–Kier alpha value is -3.43. The summed E-state index contributed by atoms with van der Waals surface area (Å²) in [7, 11) is 0. The van der Waals surface area contributed by atoms with Crippen molar-refractivity contribution in [2.75, 3.05) is 5.32 Å². The lowest BCUT2D eigenvalue weighted by Gasteiger charge is -2.05. The molecule has 0 saturated heterocycles. The van der Waals surface area contributed by atoms with Gasteiger partial charge in [0.05, 0.1) is 21.3 Å². The van der Waals surface area contributed by atoms with Crippen LogP contribution in [0.2, 0.25) is 15.1 Å². The van der Waals surface area contributed by atoms with Gasteiger partial charge < -0.3 is 10.1 Å². The maximum Gasteiger partial charge on any atom is 0.355 e. The van der Waals surface area contributed by atoms with E-state index in [1.54, 1.807) is 24.3 Å². The second-order valence-corrected chi connectivity index (χ2v) is 9.23. The second-order valence-electron chi connectivity index (χ2n) is 6.98. The average molecular weight is 547 g/mol. The number of halogens is 3. The average Bonchev–Trinajstić information content (AvgIpc) is 3.19.